The molecule has 3 nitrogen and oxygen atoms in total. The number of pyridine rings is 1. The van der Waals surface area contributed by atoms with Gasteiger partial charge in [0.25, 0.3) is 0 Å². The Hall–Kier alpha value is -1.68. The second-order valence-corrected chi connectivity index (χ2v) is 5.78. The van der Waals surface area contributed by atoms with Crippen LogP contribution in [-0.4, -0.2) is 16.0 Å². The Kier molecular flexibility index (Phi) is 4.55. The number of hydrogen-bond acceptors (Lipinski definition) is 3. The highest BCUT2D eigenvalue weighted by Gasteiger charge is 2.13. The highest BCUT2D eigenvalue weighted by Crippen LogP contribution is 2.22. The molecule has 4 heteroatoms. The number of anilines is 1. The summed E-state index contributed by atoms with van der Waals surface area (Å²) in [6.07, 6.45) is 1.05. The molecule has 106 valence electrons. The first kappa shape index (κ1) is 14.7. The van der Waals surface area contributed by atoms with Crippen LogP contribution in [0, 0.1) is 5.92 Å². The third-order valence-electron chi connectivity index (χ3n) is 3.56. The van der Waals surface area contributed by atoms with Crippen molar-refractivity contribution in [1.29, 1.82) is 0 Å². The molecule has 2 rings (SSSR count). The molecular formula is C16H21N3S. The van der Waals surface area contributed by atoms with Crippen molar-refractivity contribution in [2.45, 2.75) is 33.2 Å². The molecule has 0 aliphatic carbocycles. The van der Waals surface area contributed by atoms with Crippen molar-refractivity contribution in [2.24, 2.45) is 11.7 Å². The predicted octanol–water partition coefficient (Wildman–Crippen LogP) is 3.72. The number of nitrogens with two attached hydrogens (primary N) is 1. The molecule has 0 saturated heterocycles. The van der Waals surface area contributed by atoms with Crippen molar-refractivity contribution in [1.82, 2.24) is 4.98 Å². The molecule has 0 fully saturated rings. The van der Waals surface area contributed by atoms with E-state index in [0.717, 1.165) is 28.7 Å². The molecule has 1 aromatic heterocycles. The number of benzene rings is 1. The monoisotopic (exact) mass is 287 g/mol. The van der Waals surface area contributed by atoms with Crippen molar-refractivity contribution in [3.63, 3.8) is 0 Å². The topological polar surface area (TPSA) is 50.9 Å². The van der Waals surface area contributed by atoms with Gasteiger partial charge in [-0.2, -0.15) is 0 Å². The largest absolute Gasteiger partial charge is 0.389 e. The van der Waals surface area contributed by atoms with Gasteiger partial charge in [-0.15, -0.1) is 0 Å². The average Bonchev–Trinajstić information content (AvgIpc) is 2.43. The maximum absolute atomic E-state index is 5.85. The van der Waals surface area contributed by atoms with Crippen LogP contribution in [0.2, 0.25) is 0 Å². The zero-order valence-electron chi connectivity index (χ0n) is 12.2. The minimum absolute atomic E-state index is 0.392. The van der Waals surface area contributed by atoms with Crippen molar-refractivity contribution in [3.8, 4) is 0 Å². The Morgan fingerprint density at radius 2 is 2.05 bits per heavy atom. The first-order valence-corrected chi connectivity index (χ1v) is 7.40. The molecule has 0 spiro atoms. The molecule has 0 saturated carbocycles. The zero-order chi connectivity index (χ0) is 14.7. The summed E-state index contributed by atoms with van der Waals surface area (Å²) in [7, 11) is 0. The van der Waals surface area contributed by atoms with Crippen LogP contribution in [0.3, 0.4) is 0 Å². The average molecular weight is 287 g/mol. The van der Waals surface area contributed by atoms with Gasteiger partial charge in [-0.3, -0.25) is 0 Å². The van der Waals surface area contributed by atoms with Gasteiger partial charge in [-0.1, -0.05) is 51.2 Å². The number of rotatable bonds is 5. The van der Waals surface area contributed by atoms with Crippen molar-refractivity contribution >= 4 is 33.9 Å². The second kappa shape index (κ2) is 6.18. The van der Waals surface area contributed by atoms with Gasteiger partial charge < -0.3 is 11.1 Å². The maximum atomic E-state index is 5.85. The van der Waals surface area contributed by atoms with Crippen molar-refractivity contribution in [2.75, 3.05) is 5.32 Å². The summed E-state index contributed by atoms with van der Waals surface area (Å²) in [4.78, 5) is 5.07. The molecule has 3 N–H and O–H groups in total. The highest BCUT2D eigenvalue weighted by atomic mass is 32.1. The lowest BCUT2D eigenvalue weighted by atomic mass is 10.0. The molecule has 1 heterocycles. The molecule has 0 aliphatic heterocycles. The molecule has 1 aromatic carbocycles. The van der Waals surface area contributed by atoms with Gasteiger partial charge in [0.15, 0.2) is 0 Å². The van der Waals surface area contributed by atoms with Crippen LogP contribution in [0.25, 0.3) is 10.9 Å². The summed E-state index contributed by atoms with van der Waals surface area (Å²) < 4.78 is 0. The molecule has 0 aliphatic rings. The third-order valence-corrected chi connectivity index (χ3v) is 3.78. The summed E-state index contributed by atoms with van der Waals surface area (Å²) >= 11 is 5.16. The van der Waals surface area contributed by atoms with E-state index in [1.165, 1.54) is 0 Å². The van der Waals surface area contributed by atoms with Crippen LogP contribution in [0.1, 0.15) is 32.8 Å². The van der Waals surface area contributed by atoms with Gasteiger partial charge >= 0.3 is 0 Å². The molecule has 20 heavy (non-hydrogen) atoms. The van der Waals surface area contributed by atoms with E-state index in [1.807, 2.05) is 30.3 Å². The predicted molar refractivity (Wildman–Crippen MR) is 90.2 cm³/mol. The van der Waals surface area contributed by atoms with Crippen LogP contribution in [0.4, 0.5) is 5.82 Å². The normalized spacial score (nSPS) is 12.6. The fraction of sp³-hybridized carbons (Fsp3) is 0.375. The summed E-state index contributed by atoms with van der Waals surface area (Å²) in [5, 5.41) is 4.49. The Labute approximate surface area is 125 Å². The quantitative estimate of drug-likeness (QED) is 0.823. The van der Waals surface area contributed by atoms with Gasteiger partial charge in [-0.05, 0) is 24.5 Å². The number of para-hydroxylation sites is 1. The fourth-order valence-electron chi connectivity index (χ4n) is 2.38. The number of thiocarbonyl (C=S) groups is 1. The second-order valence-electron chi connectivity index (χ2n) is 5.34. The summed E-state index contributed by atoms with van der Waals surface area (Å²) in [5.41, 5.74) is 7.64. The van der Waals surface area contributed by atoms with Crippen LogP contribution >= 0.6 is 12.2 Å². The van der Waals surface area contributed by atoms with E-state index in [4.69, 9.17) is 18.0 Å². The SMILES string of the molecule is CCC(Nc1cc(C(N)=S)c2ccccc2n1)C(C)C. The van der Waals surface area contributed by atoms with Gasteiger partial charge in [0, 0.05) is 17.0 Å². The van der Waals surface area contributed by atoms with Gasteiger partial charge in [0.1, 0.15) is 10.8 Å². The van der Waals surface area contributed by atoms with Crippen molar-refractivity contribution < 1.29 is 0 Å². The number of hydrogen-bond donors (Lipinski definition) is 2. The molecule has 2 aromatic rings. The van der Waals surface area contributed by atoms with E-state index in [2.05, 4.69) is 31.1 Å². The Morgan fingerprint density at radius 3 is 2.65 bits per heavy atom. The van der Waals surface area contributed by atoms with E-state index in [1.54, 1.807) is 0 Å². The summed E-state index contributed by atoms with van der Waals surface area (Å²) in [5.74, 6) is 1.38. The molecule has 0 radical (unpaired) electrons. The van der Waals surface area contributed by atoms with Crippen LogP contribution in [0.5, 0.6) is 0 Å². The third kappa shape index (κ3) is 3.07. The maximum Gasteiger partial charge on any atom is 0.127 e. The lowest BCUT2D eigenvalue weighted by molar-refractivity contribution is 0.510. The van der Waals surface area contributed by atoms with E-state index in [0.29, 0.717) is 16.9 Å². The molecule has 0 bridgehead atoms. The number of fused-ring (bicyclic) bond motifs is 1. The number of aromatic nitrogens is 1. The molecule has 0 amide bonds. The van der Waals surface area contributed by atoms with Crippen molar-refractivity contribution in [3.05, 3.63) is 35.9 Å². The van der Waals surface area contributed by atoms with Crippen LogP contribution in [0.15, 0.2) is 30.3 Å². The number of nitrogens with one attached hydrogen (secondary N) is 1. The lowest BCUT2D eigenvalue weighted by Crippen LogP contribution is -2.25. The smallest absolute Gasteiger partial charge is 0.127 e. The molecular weight excluding hydrogens is 266 g/mol. The van der Waals surface area contributed by atoms with E-state index < -0.39 is 0 Å². The minimum Gasteiger partial charge on any atom is -0.389 e. The van der Waals surface area contributed by atoms with Gasteiger partial charge in [-0.25, -0.2) is 4.98 Å². The lowest BCUT2D eigenvalue weighted by Gasteiger charge is -2.22. The van der Waals surface area contributed by atoms with Crippen LogP contribution < -0.4 is 11.1 Å². The Morgan fingerprint density at radius 1 is 1.35 bits per heavy atom. The van der Waals surface area contributed by atoms with Gasteiger partial charge in [0.2, 0.25) is 0 Å². The summed E-state index contributed by atoms with van der Waals surface area (Å²) in [6.45, 7) is 6.58. The van der Waals surface area contributed by atoms with E-state index >= 15 is 0 Å². The standard InChI is InChI=1S/C16H21N3S/c1-4-13(10(2)3)18-15-9-12(16(17)20)11-7-5-6-8-14(11)19-15/h5-10,13H,4H2,1-3H3,(H2,17,20)(H,18,19). The Balaban J connectivity index is 2.47. The summed E-state index contributed by atoms with van der Waals surface area (Å²) in [6, 6.07) is 10.3. The Bertz CT molecular complexity index is 622. The van der Waals surface area contributed by atoms with Gasteiger partial charge in [0.05, 0.1) is 5.52 Å². The minimum atomic E-state index is 0.392. The molecule has 1 atom stereocenters. The zero-order valence-corrected chi connectivity index (χ0v) is 13.0. The molecule has 1 unspecified atom stereocenters. The fourth-order valence-corrected chi connectivity index (χ4v) is 2.55. The van der Waals surface area contributed by atoms with E-state index in [9.17, 15) is 0 Å². The van der Waals surface area contributed by atoms with Crippen LogP contribution in [-0.2, 0) is 0 Å². The number of nitrogens with zero attached hydrogens (tertiary/aromatic N) is 1. The highest BCUT2D eigenvalue weighted by molar-refractivity contribution is 7.80. The first-order valence-electron chi connectivity index (χ1n) is 6.99. The first-order chi connectivity index (χ1) is 9.52. The van der Waals surface area contributed by atoms with E-state index in [-0.39, 0.29) is 0 Å².